The van der Waals surface area contributed by atoms with Gasteiger partial charge in [0.15, 0.2) is 0 Å². The summed E-state index contributed by atoms with van der Waals surface area (Å²) in [6, 6.07) is 6.35. The first-order chi connectivity index (χ1) is 9.11. The summed E-state index contributed by atoms with van der Waals surface area (Å²) in [5.41, 5.74) is 1.73. The zero-order chi connectivity index (χ0) is 13.4. The number of anilines is 2. The van der Waals surface area contributed by atoms with Crippen LogP contribution in [0.15, 0.2) is 18.2 Å². The fourth-order valence-corrected chi connectivity index (χ4v) is 3.76. The third-order valence-corrected chi connectivity index (χ3v) is 4.68. The Morgan fingerprint density at radius 2 is 2.16 bits per heavy atom. The molecule has 2 aliphatic rings. The van der Waals surface area contributed by atoms with Gasteiger partial charge in [-0.2, -0.15) is 0 Å². The number of benzene rings is 1. The van der Waals surface area contributed by atoms with E-state index >= 15 is 0 Å². The molecule has 0 radical (unpaired) electrons. The number of rotatable bonds is 3. The van der Waals surface area contributed by atoms with Crippen LogP contribution in [0, 0.1) is 11.8 Å². The van der Waals surface area contributed by atoms with E-state index in [2.05, 4.69) is 10.6 Å². The SMILES string of the molecule is CC(=O)Nc1ccc(NC2CC3CCC2C3)cc1Cl. The van der Waals surface area contributed by atoms with Crippen LogP contribution in [0.1, 0.15) is 32.6 Å². The maximum absolute atomic E-state index is 11.0. The van der Waals surface area contributed by atoms with Crippen molar-refractivity contribution in [2.45, 2.75) is 38.6 Å². The van der Waals surface area contributed by atoms with Gasteiger partial charge in [-0.25, -0.2) is 0 Å². The fourth-order valence-electron chi connectivity index (χ4n) is 3.53. The summed E-state index contributed by atoms with van der Waals surface area (Å²) in [5, 5.41) is 6.91. The molecule has 1 aromatic rings. The lowest BCUT2D eigenvalue weighted by molar-refractivity contribution is -0.114. The van der Waals surface area contributed by atoms with Crippen molar-refractivity contribution in [2.24, 2.45) is 11.8 Å². The number of carbonyl (C=O) groups is 1. The molecule has 2 fully saturated rings. The monoisotopic (exact) mass is 278 g/mol. The molecule has 0 spiro atoms. The summed E-state index contributed by atoms with van der Waals surface area (Å²) in [7, 11) is 0. The van der Waals surface area contributed by atoms with Gasteiger partial charge < -0.3 is 10.6 Å². The molecule has 2 N–H and O–H groups in total. The minimum atomic E-state index is -0.101. The molecule has 0 heterocycles. The van der Waals surface area contributed by atoms with Crippen LogP contribution in [0.3, 0.4) is 0 Å². The Bertz CT molecular complexity index is 503. The molecule has 4 heteroatoms. The van der Waals surface area contributed by atoms with Gasteiger partial charge >= 0.3 is 0 Å². The largest absolute Gasteiger partial charge is 0.382 e. The molecular formula is C15H19ClN2O. The van der Waals surface area contributed by atoms with Crippen LogP contribution in [-0.2, 0) is 4.79 Å². The van der Waals surface area contributed by atoms with Crippen molar-refractivity contribution in [3.8, 4) is 0 Å². The highest BCUT2D eigenvalue weighted by Gasteiger charge is 2.39. The number of nitrogens with one attached hydrogen (secondary N) is 2. The molecule has 19 heavy (non-hydrogen) atoms. The summed E-state index contributed by atoms with van der Waals surface area (Å²) >= 11 is 6.18. The minimum Gasteiger partial charge on any atom is -0.382 e. The second kappa shape index (κ2) is 5.04. The van der Waals surface area contributed by atoms with Crippen molar-refractivity contribution in [3.63, 3.8) is 0 Å². The Labute approximate surface area is 118 Å². The fraction of sp³-hybridized carbons (Fsp3) is 0.533. The van der Waals surface area contributed by atoms with E-state index in [1.807, 2.05) is 18.2 Å². The van der Waals surface area contributed by atoms with E-state index in [1.54, 1.807) is 0 Å². The zero-order valence-corrected chi connectivity index (χ0v) is 11.8. The second-order valence-corrected chi connectivity index (χ2v) is 6.21. The van der Waals surface area contributed by atoms with Gasteiger partial charge in [0.2, 0.25) is 5.91 Å². The number of carbonyl (C=O) groups excluding carboxylic acids is 1. The van der Waals surface area contributed by atoms with E-state index in [-0.39, 0.29) is 5.91 Å². The molecule has 3 atom stereocenters. The topological polar surface area (TPSA) is 41.1 Å². The minimum absolute atomic E-state index is 0.101. The number of fused-ring (bicyclic) bond motifs is 2. The third-order valence-electron chi connectivity index (χ3n) is 4.37. The van der Waals surface area contributed by atoms with Crippen LogP contribution in [-0.4, -0.2) is 11.9 Å². The van der Waals surface area contributed by atoms with Crippen LogP contribution >= 0.6 is 11.6 Å². The van der Waals surface area contributed by atoms with Crippen molar-refractivity contribution in [3.05, 3.63) is 23.2 Å². The average molecular weight is 279 g/mol. The quantitative estimate of drug-likeness (QED) is 0.880. The molecule has 2 bridgehead atoms. The van der Waals surface area contributed by atoms with E-state index in [0.29, 0.717) is 16.8 Å². The van der Waals surface area contributed by atoms with Gasteiger partial charge in [0.1, 0.15) is 0 Å². The van der Waals surface area contributed by atoms with Crippen molar-refractivity contribution < 1.29 is 4.79 Å². The van der Waals surface area contributed by atoms with Crippen LogP contribution < -0.4 is 10.6 Å². The molecule has 1 aromatic carbocycles. The van der Waals surface area contributed by atoms with Gasteiger partial charge in [0.25, 0.3) is 0 Å². The Kier molecular flexibility index (Phi) is 3.40. The second-order valence-electron chi connectivity index (χ2n) is 5.80. The Hall–Kier alpha value is -1.22. The van der Waals surface area contributed by atoms with E-state index < -0.39 is 0 Å². The molecular weight excluding hydrogens is 260 g/mol. The summed E-state index contributed by atoms with van der Waals surface area (Å²) in [6.07, 6.45) is 5.44. The molecule has 0 saturated heterocycles. The van der Waals surface area contributed by atoms with Crippen molar-refractivity contribution in [1.82, 2.24) is 0 Å². The van der Waals surface area contributed by atoms with Crippen molar-refractivity contribution in [1.29, 1.82) is 0 Å². The van der Waals surface area contributed by atoms with Crippen LogP contribution in [0.4, 0.5) is 11.4 Å². The van der Waals surface area contributed by atoms with Gasteiger partial charge in [-0.15, -0.1) is 0 Å². The first-order valence-electron chi connectivity index (χ1n) is 6.95. The maximum atomic E-state index is 11.0. The highest BCUT2D eigenvalue weighted by molar-refractivity contribution is 6.34. The zero-order valence-electron chi connectivity index (χ0n) is 11.1. The number of halogens is 1. The van der Waals surface area contributed by atoms with E-state index in [9.17, 15) is 4.79 Å². The Morgan fingerprint density at radius 1 is 1.32 bits per heavy atom. The van der Waals surface area contributed by atoms with Gasteiger partial charge in [-0.05, 0) is 49.3 Å². The molecule has 0 aliphatic heterocycles. The molecule has 3 unspecified atom stereocenters. The van der Waals surface area contributed by atoms with Crippen LogP contribution in [0.5, 0.6) is 0 Å². The Morgan fingerprint density at radius 3 is 2.74 bits per heavy atom. The number of hydrogen-bond acceptors (Lipinski definition) is 2. The van der Waals surface area contributed by atoms with Crippen molar-refractivity contribution >= 4 is 28.9 Å². The molecule has 2 saturated carbocycles. The predicted octanol–water partition coefficient (Wildman–Crippen LogP) is 3.90. The lowest BCUT2D eigenvalue weighted by Gasteiger charge is -2.24. The molecule has 2 aliphatic carbocycles. The number of hydrogen-bond donors (Lipinski definition) is 2. The molecule has 3 rings (SSSR count). The smallest absolute Gasteiger partial charge is 0.221 e. The van der Waals surface area contributed by atoms with Gasteiger partial charge in [-0.1, -0.05) is 18.0 Å². The normalized spacial score (nSPS) is 28.4. The molecule has 102 valence electrons. The van der Waals surface area contributed by atoms with E-state index in [0.717, 1.165) is 17.5 Å². The lowest BCUT2D eigenvalue weighted by atomic mass is 9.95. The standard InChI is InChI=1S/C15H19ClN2O/c1-9(19)17-14-5-4-12(8-13(14)16)18-15-7-10-2-3-11(15)6-10/h4-5,8,10-11,15,18H,2-3,6-7H2,1H3,(H,17,19). The van der Waals surface area contributed by atoms with E-state index in [4.69, 9.17) is 11.6 Å². The van der Waals surface area contributed by atoms with Crippen LogP contribution in [0.25, 0.3) is 0 Å². The first-order valence-corrected chi connectivity index (χ1v) is 7.33. The molecule has 3 nitrogen and oxygen atoms in total. The predicted molar refractivity (Wildman–Crippen MR) is 78.6 cm³/mol. The highest BCUT2D eigenvalue weighted by atomic mass is 35.5. The van der Waals surface area contributed by atoms with Crippen molar-refractivity contribution in [2.75, 3.05) is 10.6 Å². The summed E-state index contributed by atoms with van der Waals surface area (Å²) in [4.78, 5) is 11.0. The Balaban J connectivity index is 1.68. The number of amides is 1. The molecule has 0 aromatic heterocycles. The maximum Gasteiger partial charge on any atom is 0.221 e. The van der Waals surface area contributed by atoms with Gasteiger partial charge in [0.05, 0.1) is 10.7 Å². The van der Waals surface area contributed by atoms with Crippen LogP contribution in [0.2, 0.25) is 5.02 Å². The molecule has 1 amide bonds. The summed E-state index contributed by atoms with van der Waals surface area (Å²) in [5.74, 6) is 1.66. The first kappa shape index (κ1) is 12.8. The van der Waals surface area contributed by atoms with E-state index in [1.165, 1.54) is 32.6 Å². The lowest BCUT2D eigenvalue weighted by Crippen LogP contribution is -2.25. The summed E-state index contributed by atoms with van der Waals surface area (Å²) in [6.45, 7) is 1.48. The summed E-state index contributed by atoms with van der Waals surface area (Å²) < 4.78 is 0. The highest BCUT2D eigenvalue weighted by Crippen LogP contribution is 2.45. The van der Waals surface area contributed by atoms with Gasteiger partial charge in [0, 0.05) is 18.7 Å². The van der Waals surface area contributed by atoms with Gasteiger partial charge in [-0.3, -0.25) is 4.79 Å². The average Bonchev–Trinajstić information content (AvgIpc) is 2.94. The third kappa shape index (κ3) is 2.71.